The predicted octanol–water partition coefficient (Wildman–Crippen LogP) is 3.20. The molecule has 2 rings (SSSR count). The third kappa shape index (κ3) is 3.51. The van der Waals surface area contributed by atoms with E-state index in [-0.39, 0.29) is 18.1 Å². The van der Waals surface area contributed by atoms with Gasteiger partial charge in [0.05, 0.1) is 18.0 Å². The number of aromatic nitrogens is 1. The minimum Gasteiger partial charge on any atom is -0.326 e. The molecule has 3 nitrogen and oxygen atoms in total. The lowest BCUT2D eigenvalue weighted by atomic mass is 10.3. The minimum absolute atomic E-state index is 0.165. The molecule has 1 aromatic carbocycles. The maximum absolute atomic E-state index is 12.9. The van der Waals surface area contributed by atoms with Crippen LogP contribution in [-0.4, -0.2) is 10.9 Å². The number of nitrogens with one attached hydrogen (secondary N) is 1. The number of amides is 1. The van der Waals surface area contributed by atoms with E-state index < -0.39 is 0 Å². The zero-order chi connectivity index (χ0) is 13.0. The summed E-state index contributed by atoms with van der Waals surface area (Å²) in [6.45, 7) is 0. The van der Waals surface area contributed by atoms with Gasteiger partial charge in [-0.15, -0.1) is 22.9 Å². The van der Waals surface area contributed by atoms with Crippen LogP contribution in [-0.2, 0) is 17.1 Å². The molecule has 0 aliphatic heterocycles. The first-order valence-electron chi connectivity index (χ1n) is 5.22. The van der Waals surface area contributed by atoms with Crippen molar-refractivity contribution in [2.45, 2.75) is 12.3 Å². The van der Waals surface area contributed by atoms with Gasteiger partial charge in [-0.2, -0.15) is 0 Å². The van der Waals surface area contributed by atoms with Crippen LogP contribution in [0.25, 0.3) is 0 Å². The van der Waals surface area contributed by atoms with Crippen LogP contribution in [0.4, 0.5) is 10.1 Å². The fraction of sp³-hybridized carbons (Fsp3) is 0.167. The highest BCUT2D eigenvalue weighted by atomic mass is 35.5. The number of halogens is 2. The normalized spacial score (nSPS) is 10.3. The van der Waals surface area contributed by atoms with Crippen LogP contribution in [0.15, 0.2) is 29.6 Å². The Morgan fingerprint density at radius 1 is 1.50 bits per heavy atom. The number of thiazole rings is 1. The van der Waals surface area contributed by atoms with Gasteiger partial charge in [0.1, 0.15) is 10.8 Å². The molecule has 0 unspecified atom stereocenters. The van der Waals surface area contributed by atoms with Gasteiger partial charge in [-0.05, 0) is 18.2 Å². The number of nitrogens with zero attached hydrogens (tertiary/aromatic N) is 1. The van der Waals surface area contributed by atoms with Crippen LogP contribution in [0.1, 0.15) is 10.7 Å². The van der Waals surface area contributed by atoms with Crippen LogP contribution in [0.2, 0.25) is 0 Å². The molecule has 2 aromatic rings. The molecule has 0 saturated heterocycles. The summed E-state index contributed by atoms with van der Waals surface area (Å²) in [5.41, 5.74) is 1.20. The van der Waals surface area contributed by atoms with Crippen molar-refractivity contribution in [1.29, 1.82) is 0 Å². The van der Waals surface area contributed by atoms with E-state index in [1.165, 1.54) is 23.5 Å². The fourth-order valence-electron chi connectivity index (χ4n) is 1.40. The Bertz CT molecular complexity index is 559. The highest BCUT2D eigenvalue weighted by molar-refractivity contribution is 7.09. The van der Waals surface area contributed by atoms with Crippen LogP contribution < -0.4 is 5.32 Å². The highest BCUT2D eigenvalue weighted by Crippen LogP contribution is 2.14. The number of alkyl halides is 1. The number of hydrogen-bond donors (Lipinski definition) is 1. The first kappa shape index (κ1) is 13.0. The molecule has 0 radical (unpaired) electrons. The molecule has 0 atom stereocenters. The van der Waals surface area contributed by atoms with Crippen molar-refractivity contribution in [3.05, 3.63) is 46.2 Å². The van der Waals surface area contributed by atoms with E-state index in [0.29, 0.717) is 16.6 Å². The van der Waals surface area contributed by atoms with Crippen molar-refractivity contribution in [2.75, 3.05) is 5.32 Å². The van der Waals surface area contributed by atoms with E-state index in [9.17, 15) is 9.18 Å². The molecular formula is C12H10ClFN2OS. The van der Waals surface area contributed by atoms with E-state index in [1.54, 1.807) is 12.1 Å². The van der Waals surface area contributed by atoms with Gasteiger partial charge < -0.3 is 5.32 Å². The molecule has 94 valence electrons. The second-order valence-electron chi connectivity index (χ2n) is 3.60. The third-order valence-corrected chi connectivity index (χ3v) is 3.33. The average Bonchev–Trinajstić information content (AvgIpc) is 2.76. The Balaban J connectivity index is 1.96. The number of carbonyl (C=O) groups excluding carboxylic acids is 1. The third-order valence-electron chi connectivity index (χ3n) is 2.16. The van der Waals surface area contributed by atoms with Crippen LogP contribution in [0.3, 0.4) is 0 Å². The van der Waals surface area contributed by atoms with Gasteiger partial charge in [0, 0.05) is 11.1 Å². The molecule has 0 fully saturated rings. The largest absolute Gasteiger partial charge is 0.326 e. The van der Waals surface area contributed by atoms with Gasteiger partial charge >= 0.3 is 0 Å². The molecule has 1 aromatic heterocycles. The Morgan fingerprint density at radius 2 is 2.33 bits per heavy atom. The summed E-state index contributed by atoms with van der Waals surface area (Å²) in [7, 11) is 0. The quantitative estimate of drug-likeness (QED) is 0.876. The summed E-state index contributed by atoms with van der Waals surface area (Å²) in [6, 6.07) is 5.76. The molecular weight excluding hydrogens is 275 g/mol. The van der Waals surface area contributed by atoms with Gasteiger partial charge in [-0.25, -0.2) is 9.37 Å². The Hall–Kier alpha value is -1.46. The van der Waals surface area contributed by atoms with E-state index in [4.69, 9.17) is 11.6 Å². The van der Waals surface area contributed by atoms with Gasteiger partial charge in [0.15, 0.2) is 0 Å². The zero-order valence-corrected chi connectivity index (χ0v) is 10.9. The summed E-state index contributed by atoms with van der Waals surface area (Å²) in [5.74, 6) is -0.273. The summed E-state index contributed by atoms with van der Waals surface area (Å²) >= 11 is 7.01. The number of hydrogen-bond acceptors (Lipinski definition) is 3. The maximum Gasteiger partial charge on any atom is 0.231 e. The summed E-state index contributed by atoms with van der Waals surface area (Å²) < 4.78 is 12.9. The van der Waals surface area contributed by atoms with Gasteiger partial charge in [0.25, 0.3) is 0 Å². The lowest BCUT2D eigenvalue weighted by Crippen LogP contribution is -2.14. The fourth-order valence-corrected chi connectivity index (χ4v) is 2.42. The molecule has 0 aliphatic carbocycles. The van der Waals surface area contributed by atoms with E-state index >= 15 is 0 Å². The van der Waals surface area contributed by atoms with Crippen LogP contribution in [0.5, 0.6) is 0 Å². The van der Waals surface area contributed by atoms with Gasteiger partial charge in [0.2, 0.25) is 5.91 Å². The molecule has 0 saturated carbocycles. The number of anilines is 1. The van der Waals surface area contributed by atoms with Gasteiger partial charge in [-0.1, -0.05) is 6.07 Å². The summed E-state index contributed by atoms with van der Waals surface area (Å²) in [5, 5.41) is 5.12. The van der Waals surface area contributed by atoms with Crippen molar-refractivity contribution in [3.63, 3.8) is 0 Å². The molecule has 18 heavy (non-hydrogen) atoms. The zero-order valence-electron chi connectivity index (χ0n) is 9.32. The Morgan fingerprint density at radius 3 is 3.00 bits per heavy atom. The maximum atomic E-state index is 12.9. The highest BCUT2D eigenvalue weighted by Gasteiger charge is 2.08. The molecule has 0 aliphatic rings. The molecule has 0 bridgehead atoms. The predicted molar refractivity (Wildman–Crippen MR) is 70.4 cm³/mol. The first-order valence-corrected chi connectivity index (χ1v) is 6.63. The lowest BCUT2D eigenvalue weighted by Gasteiger charge is -2.03. The SMILES string of the molecule is O=C(Cc1nc(CCl)cs1)Nc1cccc(F)c1. The average molecular weight is 285 g/mol. The van der Waals surface area contributed by atoms with Crippen molar-refractivity contribution < 1.29 is 9.18 Å². The topological polar surface area (TPSA) is 42.0 Å². The smallest absolute Gasteiger partial charge is 0.231 e. The van der Waals surface area contributed by atoms with Crippen molar-refractivity contribution in [3.8, 4) is 0 Å². The second-order valence-corrected chi connectivity index (χ2v) is 4.81. The first-order chi connectivity index (χ1) is 8.67. The van der Waals surface area contributed by atoms with E-state index in [0.717, 1.165) is 5.69 Å². The molecule has 1 amide bonds. The van der Waals surface area contributed by atoms with E-state index in [1.807, 2.05) is 5.38 Å². The molecule has 6 heteroatoms. The van der Waals surface area contributed by atoms with Crippen LogP contribution in [0, 0.1) is 5.82 Å². The number of benzene rings is 1. The minimum atomic E-state index is -0.383. The monoisotopic (exact) mass is 284 g/mol. The number of rotatable bonds is 4. The molecule has 1 heterocycles. The molecule has 0 spiro atoms. The molecule has 1 N–H and O–H groups in total. The standard InChI is InChI=1S/C12H10ClFN2OS/c13-6-10-7-18-12(16-10)5-11(17)15-9-3-1-2-8(14)4-9/h1-4,7H,5-6H2,(H,15,17). The Kier molecular flexibility index (Phi) is 4.28. The lowest BCUT2D eigenvalue weighted by molar-refractivity contribution is -0.115. The summed E-state index contributed by atoms with van der Waals surface area (Å²) in [6.07, 6.45) is 0.165. The van der Waals surface area contributed by atoms with Crippen molar-refractivity contribution in [1.82, 2.24) is 4.98 Å². The van der Waals surface area contributed by atoms with E-state index in [2.05, 4.69) is 10.3 Å². The number of carbonyl (C=O) groups is 1. The van der Waals surface area contributed by atoms with Crippen LogP contribution >= 0.6 is 22.9 Å². The van der Waals surface area contributed by atoms with Gasteiger partial charge in [-0.3, -0.25) is 4.79 Å². The summed E-state index contributed by atoms with van der Waals surface area (Å²) in [4.78, 5) is 15.9. The van der Waals surface area contributed by atoms with Crippen molar-refractivity contribution >= 4 is 34.5 Å². The Labute approximate surface area is 113 Å². The second kappa shape index (κ2) is 5.93. The van der Waals surface area contributed by atoms with Crippen molar-refractivity contribution in [2.24, 2.45) is 0 Å².